The van der Waals surface area contributed by atoms with Crippen LogP contribution in [0.25, 0.3) is 0 Å². The fraction of sp³-hybridized carbons (Fsp3) is 0.667. The number of nitrogens with zero attached hydrogens (tertiary/aromatic N) is 1. The topological polar surface area (TPSA) is 69.9 Å². The van der Waals surface area contributed by atoms with Gasteiger partial charge in [-0.05, 0) is 6.92 Å². The summed E-state index contributed by atoms with van der Waals surface area (Å²) in [6.07, 6.45) is 0. The first-order chi connectivity index (χ1) is 3.48. The van der Waals surface area contributed by atoms with Gasteiger partial charge < -0.3 is 10.1 Å². The molecule has 0 aromatic rings. The van der Waals surface area contributed by atoms with Crippen molar-refractivity contribution in [2.75, 3.05) is 6.66 Å². The first-order valence-corrected chi connectivity index (χ1v) is 4.08. The minimum absolute atomic E-state index is 0. The van der Waals surface area contributed by atoms with Crippen molar-refractivity contribution in [1.82, 2.24) is 0 Å². The third-order valence-corrected chi connectivity index (χ3v) is 2.04. The monoisotopic (exact) mass is 161 g/mol. The van der Waals surface area contributed by atoms with Crippen molar-refractivity contribution in [3.8, 4) is 0 Å². The molecule has 50 valence electrons. The minimum atomic E-state index is -3.26. The zero-order valence-electron chi connectivity index (χ0n) is 4.70. The van der Waals surface area contributed by atoms with Gasteiger partial charge in [0.05, 0.1) is 0 Å². The number of hydrogen-bond donors (Lipinski definition) is 2. The van der Waals surface area contributed by atoms with Crippen LogP contribution in [0.5, 0.6) is 0 Å². The van der Waals surface area contributed by atoms with Gasteiger partial charge in [0.2, 0.25) is 7.37 Å². The van der Waals surface area contributed by atoms with Crippen LogP contribution in [0.15, 0.2) is 5.16 Å². The number of oxime groups is 1. The molecule has 0 heterocycles. The van der Waals surface area contributed by atoms with E-state index in [2.05, 4.69) is 5.16 Å². The second-order valence-electron chi connectivity index (χ2n) is 1.53. The molecule has 0 aliphatic heterocycles. The second kappa shape index (κ2) is 4.47. The number of rotatable bonds is 1. The maximum absolute atomic E-state index is 10.4. The van der Waals surface area contributed by atoms with Crippen LogP contribution >= 0.6 is 7.37 Å². The Labute approximate surface area is 75.7 Å². The van der Waals surface area contributed by atoms with E-state index in [0.717, 1.165) is 6.66 Å². The molecule has 0 aliphatic carbocycles. The maximum atomic E-state index is 10.4. The molecule has 0 saturated carbocycles. The Balaban J connectivity index is 0. The Hall–Kier alpha value is 0.660. The van der Waals surface area contributed by atoms with Crippen molar-refractivity contribution in [2.24, 2.45) is 5.16 Å². The van der Waals surface area contributed by atoms with E-state index >= 15 is 0 Å². The molecular formula is C3H9NNaO3P. The summed E-state index contributed by atoms with van der Waals surface area (Å²) in [5.74, 6) is 0. The van der Waals surface area contributed by atoms with Crippen molar-refractivity contribution in [3.63, 3.8) is 0 Å². The van der Waals surface area contributed by atoms with Gasteiger partial charge in [-0.25, -0.2) is 0 Å². The molecular weight excluding hydrogens is 152 g/mol. The third-order valence-electron chi connectivity index (χ3n) is 0.745. The molecule has 0 fully saturated rings. The molecule has 1 unspecified atom stereocenters. The predicted octanol–water partition coefficient (Wildman–Crippen LogP) is 0.0457. The molecule has 0 saturated heterocycles. The summed E-state index contributed by atoms with van der Waals surface area (Å²) in [6, 6.07) is 0. The molecule has 1 atom stereocenters. The van der Waals surface area contributed by atoms with Gasteiger partial charge in [-0.3, -0.25) is 4.57 Å². The summed E-state index contributed by atoms with van der Waals surface area (Å²) < 4.78 is 10.4. The molecule has 6 heteroatoms. The third kappa shape index (κ3) is 5.12. The summed E-state index contributed by atoms with van der Waals surface area (Å²) in [6.45, 7) is 2.41. The average Bonchev–Trinajstić information content (AvgIpc) is 1.62. The van der Waals surface area contributed by atoms with Crippen LogP contribution in [0, 0.1) is 0 Å². The molecule has 0 aromatic heterocycles. The van der Waals surface area contributed by atoms with Crippen LogP contribution < -0.4 is 0 Å². The van der Waals surface area contributed by atoms with E-state index in [0.29, 0.717) is 0 Å². The quantitative estimate of drug-likeness (QED) is 0.187. The van der Waals surface area contributed by atoms with Gasteiger partial charge in [-0.15, -0.1) is 0 Å². The van der Waals surface area contributed by atoms with Crippen molar-refractivity contribution < 1.29 is 14.7 Å². The molecule has 0 spiro atoms. The average molecular weight is 161 g/mol. The van der Waals surface area contributed by atoms with Crippen molar-refractivity contribution >= 4 is 42.4 Å². The summed E-state index contributed by atoms with van der Waals surface area (Å²) >= 11 is 0. The second-order valence-corrected chi connectivity index (χ2v) is 3.93. The normalized spacial score (nSPS) is 17.9. The van der Waals surface area contributed by atoms with Crippen LogP contribution in [-0.2, 0) is 4.57 Å². The van der Waals surface area contributed by atoms with Gasteiger partial charge in [-0.2, -0.15) is 0 Å². The number of hydrogen-bond acceptors (Lipinski definition) is 3. The first kappa shape index (κ1) is 12.3. The molecule has 0 radical (unpaired) electrons. The Morgan fingerprint density at radius 2 is 2.00 bits per heavy atom. The summed E-state index contributed by atoms with van der Waals surface area (Å²) in [7, 11) is -3.26. The Morgan fingerprint density at radius 1 is 1.67 bits per heavy atom. The van der Waals surface area contributed by atoms with E-state index in [9.17, 15) is 4.57 Å². The van der Waals surface area contributed by atoms with E-state index in [1.54, 1.807) is 0 Å². The predicted molar refractivity (Wildman–Crippen MR) is 37.8 cm³/mol. The summed E-state index contributed by atoms with van der Waals surface area (Å²) in [5, 5.41) is 10.5. The van der Waals surface area contributed by atoms with E-state index in [-0.39, 0.29) is 35.0 Å². The molecule has 0 bridgehead atoms. The van der Waals surface area contributed by atoms with Crippen molar-refractivity contribution in [1.29, 1.82) is 0 Å². The molecule has 2 N–H and O–H groups in total. The van der Waals surface area contributed by atoms with Crippen molar-refractivity contribution in [3.05, 3.63) is 0 Å². The fourth-order valence-corrected chi connectivity index (χ4v) is 0.249. The zero-order chi connectivity index (χ0) is 6.78. The molecule has 0 aliphatic rings. The van der Waals surface area contributed by atoms with Crippen LogP contribution in [0.1, 0.15) is 6.92 Å². The molecule has 0 aromatic carbocycles. The standard InChI is InChI=1S/C3H8NO3P.Na.H/c1-3(4-5)8(2,6)7;;/h5H,1-2H3,(H,6,7);;. The van der Waals surface area contributed by atoms with Gasteiger partial charge in [0.15, 0.2) is 0 Å². The molecule has 9 heavy (non-hydrogen) atoms. The van der Waals surface area contributed by atoms with Gasteiger partial charge in [0.25, 0.3) is 0 Å². The van der Waals surface area contributed by atoms with Gasteiger partial charge in [0, 0.05) is 6.66 Å². The Bertz CT molecular complexity index is 151. The van der Waals surface area contributed by atoms with Crippen LogP contribution in [-0.4, -0.2) is 51.8 Å². The molecule has 0 rings (SSSR count). The van der Waals surface area contributed by atoms with Gasteiger partial charge in [-0.1, -0.05) is 5.16 Å². The van der Waals surface area contributed by atoms with E-state index < -0.39 is 7.37 Å². The first-order valence-electron chi connectivity index (χ1n) is 1.98. The van der Waals surface area contributed by atoms with E-state index in [4.69, 9.17) is 10.1 Å². The fourth-order valence-electron chi connectivity index (χ4n) is 0.0830. The van der Waals surface area contributed by atoms with E-state index in [1.165, 1.54) is 6.92 Å². The Morgan fingerprint density at radius 3 is 2.00 bits per heavy atom. The van der Waals surface area contributed by atoms with E-state index in [1.807, 2.05) is 0 Å². The molecule has 4 nitrogen and oxygen atoms in total. The van der Waals surface area contributed by atoms with Gasteiger partial charge >= 0.3 is 29.6 Å². The van der Waals surface area contributed by atoms with Gasteiger partial charge in [0.1, 0.15) is 5.45 Å². The van der Waals surface area contributed by atoms with Crippen molar-refractivity contribution in [2.45, 2.75) is 6.92 Å². The summed E-state index contributed by atoms with van der Waals surface area (Å²) in [4.78, 5) is 8.55. The van der Waals surface area contributed by atoms with Crippen LogP contribution in [0.4, 0.5) is 0 Å². The SMILES string of the molecule is CC(=NO)P(C)(=O)O.[NaH]. The summed E-state index contributed by atoms with van der Waals surface area (Å²) in [5.41, 5.74) is -0.127. The zero-order valence-corrected chi connectivity index (χ0v) is 5.59. The Kier molecular flexibility index (Phi) is 6.13. The molecule has 0 amide bonds. The van der Waals surface area contributed by atoms with Crippen LogP contribution in [0.3, 0.4) is 0 Å². The van der Waals surface area contributed by atoms with Crippen LogP contribution in [0.2, 0.25) is 0 Å².